The van der Waals surface area contributed by atoms with Crippen LogP contribution in [-0.2, 0) is 11.2 Å². The van der Waals surface area contributed by atoms with Crippen molar-refractivity contribution >= 4 is 21.8 Å². The van der Waals surface area contributed by atoms with Crippen molar-refractivity contribution in [2.24, 2.45) is 5.92 Å². The summed E-state index contributed by atoms with van der Waals surface area (Å²) in [4.78, 5) is 11.9. The fourth-order valence-corrected chi connectivity index (χ4v) is 4.48. The standard InChI is InChI=1S/C24H37BrN2O3/c1-5-9-18-10-6-7-12-21(18)30-17-20(28)16-26-24(4)13-8-11-19(14-24)23(2,3)27-22(29)15-25/h5-7,10,12,19-20,26,28H,1,8-9,11,13-17H2,2-4H3,(H,27,29)/t19?,20?,24-/m1/s1. The Hall–Kier alpha value is -1.37. The monoisotopic (exact) mass is 480 g/mol. The molecule has 1 aliphatic rings. The normalized spacial score (nSPS) is 22.9. The lowest BCUT2D eigenvalue weighted by molar-refractivity contribution is -0.120. The van der Waals surface area contributed by atoms with Gasteiger partial charge in [0.1, 0.15) is 18.5 Å². The van der Waals surface area contributed by atoms with Gasteiger partial charge in [0.15, 0.2) is 0 Å². The first-order chi connectivity index (χ1) is 14.2. The van der Waals surface area contributed by atoms with Crippen LogP contribution in [0.25, 0.3) is 0 Å². The molecule has 0 aromatic heterocycles. The average Bonchev–Trinajstić information content (AvgIpc) is 2.71. The third kappa shape index (κ3) is 7.40. The summed E-state index contributed by atoms with van der Waals surface area (Å²) in [5, 5.41) is 17.5. The summed E-state index contributed by atoms with van der Waals surface area (Å²) in [5.74, 6) is 1.19. The van der Waals surface area contributed by atoms with Crippen molar-refractivity contribution in [2.75, 3.05) is 18.5 Å². The van der Waals surface area contributed by atoms with E-state index in [1.165, 1.54) is 0 Å². The van der Waals surface area contributed by atoms with Crippen molar-refractivity contribution in [3.63, 3.8) is 0 Å². The highest BCUT2D eigenvalue weighted by Crippen LogP contribution is 2.38. The zero-order valence-electron chi connectivity index (χ0n) is 18.5. The van der Waals surface area contributed by atoms with E-state index < -0.39 is 6.10 Å². The predicted octanol–water partition coefficient (Wildman–Crippen LogP) is 3.98. The maximum absolute atomic E-state index is 11.9. The van der Waals surface area contributed by atoms with Crippen LogP contribution < -0.4 is 15.4 Å². The molecule has 3 N–H and O–H groups in total. The molecule has 0 heterocycles. The number of amides is 1. The predicted molar refractivity (Wildman–Crippen MR) is 126 cm³/mol. The number of aliphatic hydroxyl groups is 1. The zero-order valence-corrected chi connectivity index (χ0v) is 20.1. The molecule has 0 aliphatic heterocycles. The molecule has 2 unspecified atom stereocenters. The lowest BCUT2D eigenvalue weighted by Crippen LogP contribution is -2.56. The SMILES string of the molecule is C=CCc1ccccc1OCC(O)CN[C@]1(C)CCCC(C(C)(C)NC(=O)CBr)C1. The van der Waals surface area contributed by atoms with E-state index in [1.807, 2.05) is 30.3 Å². The van der Waals surface area contributed by atoms with E-state index in [4.69, 9.17) is 4.74 Å². The molecule has 168 valence electrons. The molecule has 6 heteroatoms. The number of alkyl halides is 1. The Morgan fingerprint density at radius 1 is 1.47 bits per heavy atom. The fourth-order valence-electron chi connectivity index (χ4n) is 4.34. The number of hydrogen-bond donors (Lipinski definition) is 3. The summed E-state index contributed by atoms with van der Waals surface area (Å²) in [6.07, 6.45) is 6.20. The number of aliphatic hydroxyl groups excluding tert-OH is 1. The second kappa shape index (κ2) is 11.3. The number of ether oxygens (including phenoxy) is 1. The van der Waals surface area contributed by atoms with Crippen molar-refractivity contribution in [2.45, 2.75) is 70.1 Å². The number of β-amino-alcohol motifs (C(OH)–C–C–N with tert-alkyl or cyclic N) is 1. The van der Waals surface area contributed by atoms with Crippen molar-refractivity contribution in [1.82, 2.24) is 10.6 Å². The van der Waals surface area contributed by atoms with E-state index >= 15 is 0 Å². The molecule has 0 spiro atoms. The van der Waals surface area contributed by atoms with Crippen LogP contribution in [0.4, 0.5) is 0 Å². The molecule has 1 saturated carbocycles. The molecule has 30 heavy (non-hydrogen) atoms. The second-order valence-electron chi connectivity index (χ2n) is 9.20. The number of rotatable bonds is 11. The van der Waals surface area contributed by atoms with Gasteiger partial charge in [0.2, 0.25) is 5.91 Å². The lowest BCUT2D eigenvalue weighted by Gasteiger charge is -2.46. The number of benzene rings is 1. The molecule has 0 radical (unpaired) electrons. The summed E-state index contributed by atoms with van der Waals surface area (Å²) in [6, 6.07) is 7.86. The quantitative estimate of drug-likeness (QED) is 0.330. The Balaban J connectivity index is 1.86. The van der Waals surface area contributed by atoms with E-state index in [2.05, 4.69) is 53.9 Å². The molecule has 1 fully saturated rings. The van der Waals surface area contributed by atoms with Crippen molar-refractivity contribution < 1.29 is 14.6 Å². The van der Waals surface area contributed by atoms with Crippen molar-refractivity contribution in [3.8, 4) is 5.75 Å². The minimum Gasteiger partial charge on any atom is -0.491 e. The minimum absolute atomic E-state index is 0.0181. The summed E-state index contributed by atoms with van der Waals surface area (Å²) in [6.45, 7) is 10.9. The van der Waals surface area contributed by atoms with Gasteiger partial charge in [0, 0.05) is 17.6 Å². The van der Waals surface area contributed by atoms with Gasteiger partial charge in [-0.15, -0.1) is 6.58 Å². The molecular formula is C24H37BrN2O3. The smallest absolute Gasteiger partial charge is 0.231 e. The van der Waals surface area contributed by atoms with Crippen molar-refractivity contribution in [1.29, 1.82) is 0 Å². The van der Waals surface area contributed by atoms with Crippen molar-refractivity contribution in [3.05, 3.63) is 42.5 Å². The van der Waals surface area contributed by atoms with Gasteiger partial charge in [-0.2, -0.15) is 0 Å². The van der Waals surface area contributed by atoms with Gasteiger partial charge in [-0.25, -0.2) is 0 Å². The Morgan fingerprint density at radius 2 is 2.20 bits per heavy atom. The number of nitrogens with one attached hydrogen (secondary N) is 2. The number of carbonyl (C=O) groups excluding carboxylic acids is 1. The van der Waals surface area contributed by atoms with Gasteiger partial charge in [-0.05, 0) is 64.0 Å². The Kier molecular flexibility index (Phi) is 9.38. The van der Waals surface area contributed by atoms with Crippen LogP contribution in [0.15, 0.2) is 36.9 Å². The van der Waals surface area contributed by atoms with Crippen LogP contribution in [-0.4, -0.2) is 46.7 Å². The molecule has 3 atom stereocenters. The molecular weight excluding hydrogens is 444 g/mol. The van der Waals surface area contributed by atoms with E-state index in [0.29, 0.717) is 17.8 Å². The van der Waals surface area contributed by atoms with Gasteiger partial charge in [0.25, 0.3) is 0 Å². The molecule has 1 aromatic carbocycles. The Labute approximate surface area is 189 Å². The van der Waals surface area contributed by atoms with E-state index in [1.54, 1.807) is 0 Å². The average molecular weight is 481 g/mol. The summed E-state index contributed by atoms with van der Waals surface area (Å²) in [7, 11) is 0. The lowest BCUT2D eigenvalue weighted by atomic mass is 9.69. The topological polar surface area (TPSA) is 70.6 Å². The summed E-state index contributed by atoms with van der Waals surface area (Å²) >= 11 is 3.23. The van der Waals surface area contributed by atoms with Gasteiger partial charge in [0.05, 0.1) is 5.33 Å². The number of allylic oxidation sites excluding steroid dienone is 1. The Bertz CT molecular complexity index is 709. The highest BCUT2D eigenvalue weighted by Gasteiger charge is 2.39. The molecule has 0 bridgehead atoms. The van der Waals surface area contributed by atoms with Gasteiger partial charge in [-0.1, -0.05) is 46.6 Å². The van der Waals surface area contributed by atoms with Crippen LogP contribution >= 0.6 is 15.9 Å². The molecule has 1 aliphatic carbocycles. The van der Waals surface area contributed by atoms with E-state index in [-0.39, 0.29) is 23.6 Å². The summed E-state index contributed by atoms with van der Waals surface area (Å²) < 4.78 is 5.87. The van der Waals surface area contributed by atoms with Crippen LogP contribution in [0.5, 0.6) is 5.75 Å². The molecule has 1 amide bonds. The molecule has 5 nitrogen and oxygen atoms in total. The van der Waals surface area contributed by atoms with Gasteiger partial charge >= 0.3 is 0 Å². The first-order valence-electron chi connectivity index (χ1n) is 10.8. The third-order valence-electron chi connectivity index (χ3n) is 6.11. The molecule has 1 aromatic rings. The van der Waals surface area contributed by atoms with Crippen LogP contribution in [0, 0.1) is 5.92 Å². The number of halogens is 1. The maximum Gasteiger partial charge on any atom is 0.231 e. The first-order valence-corrected chi connectivity index (χ1v) is 11.9. The maximum atomic E-state index is 11.9. The minimum atomic E-state index is -0.597. The number of para-hydroxylation sites is 1. The highest BCUT2D eigenvalue weighted by atomic mass is 79.9. The zero-order chi connectivity index (χ0) is 22.2. The molecule has 2 rings (SSSR count). The van der Waals surface area contributed by atoms with Gasteiger partial charge in [-0.3, -0.25) is 4.79 Å². The van der Waals surface area contributed by atoms with Crippen LogP contribution in [0.2, 0.25) is 0 Å². The second-order valence-corrected chi connectivity index (χ2v) is 9.76. The van der Waals surface area contributed by atoms with Crippen LogP contribution in [0.3, 0.4) is 0 Å². The van der Waals surface area contributed by atoms with E-state index in [9.17, 15) is 9.90 Å². The van der Waals surface area contributed by atoms with E-state index in [0.717, 1.165) is 43.4 Å². The largest absolute Gasteiger partial charge is 0.491 e. The number of carbonyl (C=O) groups is 1. The Morgan fingerprint density at radius 3 is 2.90 bits per heavy atom. The van der Waals surface area contributed by atoms with Gasteiger partial charge < -0.3 is 20.5 Å². The third-order valence-corrected chi connectivity index (χ3v) is 6.62. The highest BCUT2D eigenvalue weighted by molar-refractivity contribution is 9.09. The van der Waals surface area contributed by atoms with Crippen LogP contribution in [0.1, 0.15) is 52.0 Å². The summed E-state index contributed by atoms with van der Waals surface area (Å²) in [5.41, 5.74) is 0.744. The first kappa shape index (κ1) is 24.9. The molecule has 0 saturated heterocycles. The fraction of sp³-hybridized carbons (Fsp3) is 0.625. The number of hydrogen-bond acceptors (Lipinski definition) is 4.